The van der Waals surface area contributed by atoms with E-state index >= 15 is 0 Å². The summed E-state index contributed by atoms with van der Waals surface area (Å²) >= 11 is 1.70. The van der Waals surface area contributed by atoms with Gasteiger partial charge in [0.1, 0.15) is 0 Å². The lowest BCUT2D eigenvalue weighted by Gasteiger charge is -2.08. The molecule has 0 saturated carbocycles. The fourth-order valence-corrected chi connectivity index (χ4v) is 2.59. The Morgan fingerprint density at radius 1 is 1.40 bits per heavy atom. The van der Waals surface area contributed by atoms with Gasteiger partial charge in [-0.2, -0.15) is 5.26 Å². The lowest BCUT2D eigenvalue weighted by molar-refractivity contribution is -0.116. The molecule has 0 radical (unpaired) electrons. The van der Waals surface area contributed by atoms with Crippen molar-refractivity contribution in [2.75, 3.05) is 11.1 Å². The van der Waals surface area contributed by atoms with Gasteiger partial charge in [0.15, 0.2) is 0 Å². The molecular formula is C15H15N3OS. The number of aryl methyl sites for hydroxylation is 1. The molecule has 0 bridgehead atoms. The number of rotatable bonds is 5. The van der Waals surface area contributed by atoms with E-state index in [0.717, 1.165) is 12.8 Å². The van der Waals surface area contributed by atoms with Gasteiger partial charge in [0.25, 0.3) is 0 Å². The summed E-state index contributed by atoms with van der Waals surface area (Å²) < 4.78 is 0. The number of carbonyl (C=O) groups excluding carboxylic acids is 1. The molecule has 20 heavy (non-hydrogen) atoms. The van der Waals surface area contributed by atoms with Crippen LogP contribution in [0, 0.1) is 11.3 Å². The smallest absolute Gasteiger partial charge is 0.224 e. The fourth-order valence-electron chi connectivity index (χ4n) is 1.84. The summed E-state index contributed by atoms with van der Waals surface area (Å²) in [6, 6.07) is 10.9. The second-order valence-electron chi connectivity index (χ2n) is 4.39. The van der Waals surface area contributed by atoms with Crippen LogP contribution in [0.1, 0.15) is 23.3 Å². The molecule has 2 rings (SSSR count). The van der Waals surface area contributed by atoms with E-state index in [-0.39, 0.29) is 5.91 Å². The summed E-state index contributed by atoms with van der Waals surface area (Å²) in [4.78, 5) is 13.1. The number of nitrogen functional groups attached to an aromatic ring is 1. The SMILES string of the molecule is N#Cc1ccc(NC(=O)CCCc2cccs2)c(N)c1. The molecule has 1 aromatic heterocycles. The highest BCUT2D eigenvalue weighted by Gasteiger charge is 2.06. The van der Waals surface area contributed by atoms with Crippen molar-refractivity contribution in [1.29, 1.82) is 5.26 Å². The van der Waals surface area contributed by atoms with Crippen LogP contribution >= 0.6 is 11.3 Å². The standard InChI is InChI=1S/C15H15N3OS/c16-10-11-6-7-14(13(17)9-11)18-15(19)5-1-3-12-4-2-8-20-12/h2,4,6-9H,1,3,5,17H2,(H,18,19). The molecule has 0 spiro atoms. The largest absolute Gasteiger partial charge is 0.397 e. The molecule has 3 N–H and O–H groups in total. The zero-order valence-corrected chi connectivity index (χ0v) is 11.7. The number of nitriles is 1. The number of nitrogens with zero attached hydrogens (tertiary/aromatic N) is 1. The van der Waals surface area contributed by atoms with E-state index in [1.807, 2.05) is 17.5 Å². The Kier molecular flexibility index (Phi) is 4.75. The Balaban J connectivity index is 1.84. The number of thiophene rings is 1. The van der Waals surface area contributed by atoms with E-state index in [0.29, 0.717) is 23.4 Å². The lowest BCUT2D eigenvalue weighted by Crippen LogP contribution is -2.12. The summed E-state index contributed by atoms with van der Waals surface area (Å²) in [6.07, 6.45) is 2.17. The van der Waals surface area contributed by atoms with Crippen LogP contribution in [0.25, 0.3) is 0 Å². The summed E-state index contributed by atoms with van der Waals surface area (Å²) in [7, 11) is 0. The molecule has 2 aromatic rings. The highest BCUT2D eigenvalue weighted by Crippen LogP contribution is 2.20. The van der Waals surface area contributed by atoms with E-state index < -0.39 is 0 Å². The average molecular weight is 285 g/mol. The van der Waals surface area contributed by atoms with Gasteiger partial charge in [-0.3, -0.25) is 4.79 Å². The van der Waals surface area contributed by atoms with Crippen molar-refractivity contribution in [2.45, 2.75) is 19.3 Å². The van der Waals surface area contributed by atoms with Crippen LogP contribution < -0.4 is 11.1 Å². The van der Waals surface area contributed by atoms with Crippen molar-refractivity contribution in [3.63, 3.8) is 0 Å². The fraction of sp³-hybridized carbons (Fsp3) is 0.200. The Hall–Kier alpha value is -2.32. The van der Waals surface area contributed by atoms with E-state index in [1.54, 1.807) is 29.5 Å². The first-order valence-corrected chi connectivity index (χ1v) is 7.19. The Morgan fingerprint density at radius 3 is 2.90 bits per heavy atom. The van der Waals surface area contributed by atoms with Crippen molar-refractivity contribution in [1.82, 2.24) is 0 Å². The van der Waals surface area contributed by atoms with E-state index in [9.17, 15) is 4.79 Å². The Labute approximate surface area is 121 Å². The predicted octanol–water partition coefficient (Wildman–Crippen LogP) is 3.16. The third-order valence-electron chi connectivity index (χ3n) is 2.86. The average Bonchev–Trinajstić information content (AvgIpc) is 2.94. The molecule has 102 valence electrons. The number of amides is 1. The topological polar surface area (TPSA) is 78.9 Å². The number of nitrogens with one attached hydrogen (secondary N) is 1. The number of hydrogen-bond donors (Lipinski definition) is 2. The molecular weight excluding hydrogens is 270 g/mol. The van der Waals surface area contributed by atoms with Gasteiger partial charge >= 0.3 is 0 Å². The molecule has 5 heteroatoms. The van der Waals surface area contributed by atoms with Gasteiger partial charge in [-0.25, -0.2) is 0 Å². The molecule has 4 nitrogen and oxygen atoms in total. The first-order valence-electron chi connectivity index (χ1n) is 6.31. The van der Waals surface area contributed by atoms with Crippen LogP contribution in [-0.4, -0.2) is 5.91 Å². The van der Waals surface area contributed by atoms with E-state index in [1.165, 1.54) is 4.88 Å². The maximum atomic E-state index is 11.8. The minimum absolute atomic E-state index is 0.0574. The van der Waals surface area contributed by atoms with Crippen LogP contribution in [0.15, 0.2) is 35.7 Å². The molecule has 1 heterocycles. The zero-order chi connectivity index (χ0) is 14.4. The minimum atomic E-state index is -0.0574. The Morgan fingerprint density at radius 2 is 2.25 bits per heavy atom. The van der Waals surface area contributed by atoms with Crippen molar-refractivity contribution in [3.05, 3.63) is 46.2 Å². The van der Waals surface area contributed by atoms with Crippen LogP contribution in [0.5, 0.6) is 0 Å². The number of carbonyl (C=O) groups is 1. The van der Waals surface area contributed by atoms with Crippen molar-refractivity contribution in [2.24, 2.45) is 0 Å². The van der Waals surface area contributed by atoms with Crippen molar-refractivity contribution < 1.29 is 4.79 Å². The van der Waals surface area contributed by atoms with Crippen molar-refractivity contribution in [3.8, 4) is 6.07 Å². The molecule has 1 aromatic carbocycles. The first kappa shape index (κ1) is 14.1. The van der Waals surface area contributed by atoms with Crippen LogP contribution in [0.2, 0.25) is 0 Å². The molecule has 0 atom stereocenters. The van der Waals surface area contributed by atoms with E-state index in [4.69, 9.17) is 11.0 Å². The number of anilines is 2. The summed E-state index contributed by atoms with van der Waals surface area (Å²) in [5, 5.41) is 13.6. The highest BCUT2D eigenvalue weighted by molar-refractivity contribution is 7.09. The van der Waals surface area contributed by atoms with Crippen LogP contribution in [-0.2, 0) is 11.2 Å². The summed E-state index contributed by atoms with van der Waals surface area (Å²) in [5.41, 5.74) is 7.24. The molecule has 1 amide bonds. The molecule has 0 fully saturated rings. The maximum absolute atomic E-state index is 11.8. The number of benzene rings is 1. The molecule has 0 unspecified atom stereocenters. The maximum Gasteiger partial charge on any atom is 0.224 e. The minimum Gasteiger partial charge on any atom is -0.397 e. The van der Waals surface area contributed by atoms with Gasteiger partial charge in [0, 0.05) is 11.3 Å². The van der Waals surface area contributed by atoms with Gasteiger partial charge in [0.2, 0.25) is 5.91 Å². The molecule has 0 aliphatic carbocycles. The quantitative estimate of drug-likeness (QED) is 0.828. The third-order valence-corrected chi connectivity index (χ3v) is 3.80. The van der Waals surface area contributed by atoms with Crippen LogP contribution in [0.4, 0.5) is 11.4 Å². The zero-order valence-electron chi connectivity index (χ0n) is 10.9. The van der Waals surface area contributed by atoms with Gasteiger partial charge in [-0.1, -0.05) is 6.07 Å². The second-order valence-corrected chi connectivity index (χ2v) is 5.43. The first-order chi connectivity index (χ1) is 9.69. The summed E-state index contributed by atoms with van der Waals surface area (Å²) in [6.45, 7) is 0. The normalized spacial score (nSPS) is 9.95. The number of hydrogen-bond acceptors (Lipinski definition) is 4. The molecule has 0 aliphatic heterocycles. The highest BCUT2D eigenvalue weighted by atomic mass is 32.1. The second kappa shape index (κ2) is 6.73. The molecule has 0 saturated heterocycles. The summed E-state index contributed by atoms with van der Waals surface area (Å²) in [5.74, 6) is -0.0574. The third kappa shape index (κ3) is 3.84. The number of nitrogens with two attached hydrogens (primary N) is 1. The monoisotopic (exact) mass is 285 g/mol. The van der Waals surface area contributed by atoms with Gasteiger partial charge in [-0.05, 0) is 42.5 Å². The van der Waals surface area contributed by atoms with Crippen molar-refractivity contribution >= 4 is 28.6 Å². The predicted molar refractivity (Wildman–Crippen MR) is 81.5 cm³/mol. The van der Waals surface area contributed by atoms with E-state index in [2.05, 4.69) is 11.4 Å². The van der Waals surface area contributed by atoms with Crippen LogP contribution in [0.3, 0.4) is 0 Å². The van der Waals surface area contributed by atoms with Gasteiger partial charge < -0.3 is 11.1 Å². The lowest BCUT2D eigenvalue weighted by atomic mass is 10.1. The molecule has 0 aliphatic rings. The van der Waals surface area contributed by atoms with Gasteiger partial charge in [0.05, 0.1) is 23.0 Å². The van der Waals surface area contributed by atoms with Gasteiger partial charge in [-0.15, -0.1) is 11.3 Å². The Bertz CT molecular complexity index is 629.